The van der Waals surface area contributed by atoms with Crippen molar-refractivity contribution in [3.8, 4) is 0 Å². The summed E-state index contributed by atoms with van der Waals surface area (Å²) in [5.41, 5.74) is 2.13. The van der Waals surface area contributed by atoms with Gasteiger partial charge in [0.25, 0.3) is 0 Å². The van der Waals surface area contributed by atoms with Crippen molar-refractivity contribution in [2.45, 2.75) is 32.7 Å². The molecule has 0 bridgehead atoms. The van der Waals surface area contributed by atoms with Gasteiger partial charge in [0.1, 0.15) is 0 Å². The Hall–Kier alpha value is -2.10. The zero-order valence-electron chi connectivity index (χ0n) is 11.2. The molecule has 1 aromatic carbocycles. The molecule has 0 aliphatic carbocycles. The maximum atomic E-state index is 11.6. The van der Waals surface area contributed by atoms with E-state index in [1.807, 2.05) is 31.2 Å². The molecule has 2 N–H and O–H groups in total. The van der Waals surface area contributed by atoms with Gasteiger partial charge in [-0.2, -0.15) is 0 Å². The average Bonchev–Trinajstić information content (AvgIpc) is 2.36. The molecular weight excluding hydrogens is 242 g/mol. The Morgan fingerprint density at radius 1 is 1.32 bits per heavy atom. The van der Waals surface area contributed by atoms with Crippen LogP contribution in [-0.4, -0.2) is 23.0 Å². The lowest BCUT2D eigenvalue weighted by molar-refractivity contribution is -0.137. The van der Waals surface area contributed by atoms with Gasteiger partial charge < -0.3 is 10.4 Å². The maximum Gasteiger partial charge on any atom is 0.303 e. The van der Waals surface area contributed by atoms with Gasteiger partial charge in [-0.05, 0) is 31.9 Å². The van der Waals surface area contributed by atoms with E-state index in [0.717, 1.165) is 5.56 Å². The van der Waals surface area contributed by atoms with Crippen LogP contribution >= 0.6 is 0 Å². The molecule has 0 saturated carbocycles. The lowest BCUT2D eigenvalue weighted by atomic mass is 10.1. The molecule has 0 aliphatic rings. The number of carboxylic acid groups (broad SMARTS) is 1. The second-order valence-electron chi connectivity index (χ2n) is 4.59. The molecule has 102 valence electrons. The molecule has 0 fully saturated rings. The molecule has 1 aromatic rings. The zero-order valence-corrected chi connectivity index (χ0v) is 11.2. The first-order valence-electron chi connectivity index (χ1n) is 6.24. The van der Waals surface area contributed by atoms with Gasteiger partial charge in [-0.25, -0.2) is 0 Å². The lowest BCUT2D eigenvalue weighted by Gasteiger charge is -2.10. The Balaban J connectivity index is 2.42. The minimum absolute atomic E-state index is 0.0587. The van der Waals surface area contributed by atoms with Crippen LogP contribution in [0.25, 0.3) is 6.08 Å². The highest BCUT2D eigenvalue weighted by Crippen LogP contribution is 2.05. The number of hydrogen-bond acceptors (Lipinski definition) is 2. The number of rotatable bonds is 6. The minimum atomic E-state index is -0.851. The summed E-state index contributed by atoms with van der Waals surface area (Å²) in [6.07, 6.45) is 3.68. The Morgan fingerprint density at radius 2 is 1.95 bits per heavy atom. The van der Waals surface area contributed by atoms with Gasteiger partial charge in [-0.3, -0.25) is 9.59 Å². The maximum absolute atomic E-state index is 11.6. The molecule has 1 unspecified atom stereocenters. The van der Waals surface area contributed by atoms with Crippen molar-refractivity contribution in [2.24, 2.45) is 0 Å². The fourth-order valence-corrected chi connectivity index (χ4v) is 1.55. The smallest absolute Gasteiger partial charge is 0.303 e. The zero-order chi connectivity index (χ0) is 14.3. The van der Waals surface area contributed by atoms with Crippen LogP contribution in [-0.2, 0) is 9.59 Å². The van der Waals surface area contributed by atoms with Crippen LogP contribution in [0.2, 0.25) is 0 Å². The Morgan fingerprint density at radius 3 is 2.53 bits per heavy atom. The van der Waals surface area contributed by atoms with Crippen molar-refractivity contribution in [2.75, 3.05) is 0 Å². The second kappa shape index (κ2) is 7.36. The predicted molar refractivity (Wildman–Crippen MR) is 74.7 cm³/mol. The van der Waals surface area contributed by atoms with Crippen LogP contribution in [0.3, 0.4) is 0 Å². The number of aryl methyl sites for hydroxylation is 1. The summed E-state index contributed by atoms with van der Waals surface area (Å²) in [5, 5.41) is 11.3. The van der Waals surface area contributed by atoms with E-state index >= 15 is 0 Å². The number of hydrogen-bond donors (Lipinski definition) is 2. The SMILES string of the molecule is Cc1ccc(C=CC(=O)NC(C)CCC(=O)O)cc1. The van der Waals surface area contributed by atoms with E-state index in [4.69, 9.17) is 5.11 Å². The molecule has 1 rings (SSSR count). The van der Waals surface area contributed by atoms with E-state index in [1.165, 1.54) is 11.6 Å². The average molecular weight is 261 g/mol. The van der Waals surface area contributed by atoms with E-state index in [2.05, 4.69) is 5.32 Å². The van der Waals surface area contributed by atoms with E-state index in [1.54, 1.807) is 13.0 Å². The number of carbonyl (C=O) groups excluding carboxylic acids is 1. The molecule has 0 aliphatic heterocycles. The van der Waals surface area contributed by atoms with E-state index in [0.29, 0.717) is 6.42 Å². The third-order valence-electron chi connectivity index (χ3n) is 2.68. The number of nitrogens with one attached hydrogen (secondary N) is 1. The summed E-state index contributed by atoms with van der Waals surface area (Å²) in [6.45, 7) is 3.80. The topological polar surface area (TPSA) is 66.4 Å². The molecule has 0 spiro atoms. The predicted octanol–water partition coefficient (Wildman–Crippen LogP) is 2.38. The first-order chi connectivity index (χ1) is 8.97. The van der Waals surface area contributed by atoms with Crippen LogP contribution in [0, 0.1) is 6.92 Å². The van der Waals surface area contributed by atoms with Crippen LogP contribution in [0.1, 0.15) is 30.9 Å². The van der Waals surface area contributed by atoms with Gasteiger partial charge in [0, 0.05) is 18.5 Å². The quantitative estimate of drug-likeness (QED) is 0.773. The molecule has 1 atom stereocenters. The molecule has 0 saturated heterocycles. The molecule has 4 nitrogen and oxygen atoms in total. The third kappa shape index (κ3) is 6.41. The summed E-state index contributed by atoms with van der Waals surface area (Å²) in [6, 6.07) is 7.69. The number of amides is 1. The Kier molecular flexibility index (Phi) is 5.79. The third-order valence-corrected chi connectivity index (χ3v) is 2.68. The van der Waals surface area contributed by atoms with Crippen molar-refractivity contribution in [3.63, 3.8) is 0 Å². The lowest BCUT2D eigenvalue weighted by Crippen LogP contribution is -2.31. The van der Waals surface area contributed by atoms with Gasteiger partial charge in [0.15, 0.2) is 0 Å². The summed E-state index contributed by atoms with van der Waals surface area (Å²) < 4.78 is 0. The first kappa shape index (κ1) is 15.0. The van der Waals surface area contributed by atoms with Crippen molar-refractivity contribution < 1.29 is 14.7 Å². The fraction of sp³-hybridized carbons (Fsp3) is 0.333. The number of benzene rings is 1. The van der Waals surface area contributed by atoms with E-state index in [9.17, 15) is 9.59 Å². The number of carboxylic acids is 1. The van der Waals surface area contributed by atoms with Gasteiger partial charge in [-0.1, -0.05) is 29.8 Å². The monoisotopic (exact) mass is 261 g/mol. The van der Waals surface area contributed by atoms with Crippen molar-refractivity contribution >= 4 is 18.0 Å². The number of carbonyl (C=O) groups is 2. The van der Waals surface area contributed by atoms with Crippen molar-refractivity contribution in [3.05, 3.63) is 41.5 Å². The van der Waals surface area contributed by atoms with Gasteiger partial charge >= 0.3 is 5.97 Å². The molecular formula is C15H19NO3. The Labute approximate surface area is 113 Å². The molecule has 4 heteroatoms. The minimum Gasteiger partial charge on any atom is -0.481 e. The highest BCUT2D eigenvalue weighted by molar-refractivity contribution is 5.91. The molecule has 0 heterocycles. The van der Waals surface area contributed by atoms with Crippen LogP contribution in [0.4, 0.5) is 0 Å². The van der Waals surface area contributed by atoms with Crippen LogP contribution < -0.4 is 5.32 Å². The molecule has 19 heavy (non-hydrogen) atoms. The van der Waals surface area contributed by atoms with E-state index < -0.39 is 5.97 Å². The highest BCUT2D eigenvalue weighted by atomic mass is 16.4. The molecule has 0 radical (unpaired) electrons. The summed E-state index contributed by atoms with van der Waals surface area (Å²) >= 11 is 0. The first-order valence-corrected chi connectivity index (χ1v) is 6.24. The summed E-state index contributed by atoms with van der Waals surface area (Å²) in [5.74, 6) is -1.06. The fourth-order valence-electron chi connectivity index (χ4n) is 1.55. The summed E-state index contributed by atoms with van der Waals surface area (Å²) in [4.78, 5) is 22.0. The van der Waals surface area contributed by atoms with Gasteiger partial charge in [-0.15, -0.1) is 0 Å². The largest absolute Gasteiger partial charge is 0.481 e. The summed E-state index contributed by atoms with van der Waals surface area (Å²) in [7, 11) is 0. The molecule has 0 aromatic heterocycles. The molecule has 1 amide bonds. The highest BCUT2D eigenvalue weighted by Gasteiger charge is 2.06. The second-order valence-corrected chi connectivity index (χ2v) is 4.59. The van der Waals surface area contributed by atoms with E-state index in [-0.39, 0.29) is 18.4 Å². The van der Waals surface area contributed by atoms with Gasteiger partial charge in [0.05, 0.1) is 0 Å². The standard InChI is InChI=1S/C15H19NO3/c1-11-3-6-13(7-4-11)8-9-14(17)16-12(2)5-10-15(18)19/h3-4,6-9,12H,5,10H2,1-2H3,(H,16,17)(H,18,19). The van der Waals surface area contributed by atoms with Crippen LogP contribution in [0.15, 0.2) is 30.3 Å². The van der Waals surface area contributed by atoms with Crippen molar-refractivity contribution in [1.29, 1.82) is 0 Å². The Bertz CT molecular complexity index is 463. The van der Waals surface area contributed by atoms with Crippen molar-refractivity contribution in [1.82, 2.24) is 5.32 Å². The van der Waals surface area contributed by atoms with Gasteiger partial charge in [0.2, 0.25) is 5.91 Å². The van der Waals surface area contributed by atoms with Crippen LogP contribution in [0.5, 0.6) is 0 Å². The number of aliphatic carboxylic acids is 1. The normalized spacial score (nSPS) is 12.3.